The minimum Gasteiger partial charge on any atom is -0.337 e. The highest BCUT2D eigenvalue weighted by atomic mass is 32.1. The first-order valence-electron chi connectivity index (χ1n) is 9.29. The fraction of sp³-hybridized carbons (Fsp3) is 0.300. The van der Waals surface area contributed by atoms with Crippen LogP contribution in [0.25, 0.3) is 23.2 Å². The van der Waals surface area contributed by atoms with Crippen molar-refractivity contribution in [3.05, 3.63) is 52.7 Å². The molecule has 0 spiro atoms. The van der Waals surface area contributed by atoms with Gasteiger partial charge in [-0.3, -0.25) is 4.79 Å². The normalized spacial score (nSPS) is 17.2. The molecular weight excluding hydrogens is 372 g/mol. The van der Waals surface area contributed by atoms with E-state index < -0.39 is 0 Å². The zero-order chi connectivity index (χ0) is 19.3. The maximum absolute atomic E-state index is 13.4. The molecule has 1 aliphatic rings. The Hall–Kier alpha value is -2.84. The lowest BCUT2D eigenvalue weighted by Gasteiger charge is -2.19. The van der Waals surface area contributed by atoms with Gasteiger partial charge in [-0.1, -0.05) is 36.4 Å². The van der Waals surface area contributed by atoms with E-state index in [1.54, 1.807) is 16.0 Å². The number of thiophene rings is 1. The molecule has 4 rings (SSSR count). The SMILES string of the molecule is CNCC1CCN(C(=O)C(=Cc2cccs2)n2nnnc2-c2ccccc2)C1. The molecule has 3 aromatic rings. The maximum Gasteiger partial charge on any atom is 0.272 e. The lowest BCUT2D eigenvalue weighted by atomic mass is 10.1. The lowest BCUT2D eigenvalue weighted by Crippen LogP contribution is -2.32. The van der Waals surface area contributed by atoms with Crippen molar-refractivity contribution in [1.82, 2.24) is 30.4 Å². The van der Waals surface area contributed by atoms with Crippen molar-refractivity contribution in [3.8, 4) is 11.4 Å². The van der Waals surface area contributed by atoms with E-state index in [9.17, 15) is 4.79 Å². The number of carbonyl (C=O) groups excluding carboxylic acids is 1. The Kier molecular flexibility index (Phi) is 5.59. The Balaban J connectivity index is 1.71. The fourth-order valence-corrected chi connectivity index (χ4v) is 4.12. The molecule has 0 aliphatic carbocycles. The van der Waals surface area contributed by atoms with Crippen LogP contribution < -0.4 is 5.32 Å². The summed E-state index contributed by atoms with van der Waals surface area (Å²) in [4.78, 5) is 16.3. The average molecular weight is 395 g/mol. The second kappa shape index (κ2) is 8.45. The number of nitrogens with zero attached hydrogens (tertiary/aromatic N) is 5. The van der Waals surface area contributed by atoms with Gasteiger partial charge in [0.05, 0.1) is 0 Å². The summed E-state index contributed by atoms with van der Waals surface area (Å²) in [6, 6.07) is 13.6. The van der Waals surface area contributed by atoms with Crippen molar-refractivity contribution >= 4 is 29.0 Å². The second-order valence-corrected chi connectivity index (χ2v) is 7.77. The largest absolute Gasteiger partial charge is 0.337 e. The molecule has 1 saturated heterocycles. The number of likely N-dealkylation sites (tertiary alicyclic amines) is 1. The molecule has 1 amide bonds. The molecule has 144 valence electrons. The van der Waals surface area contributed by atoms with Crippen LogP contribution in [0.5, 0.6) is 0 Å². The van der Waals surface area contributed by atoms with E-state index in [0.29, 0.717) is 17.4 Å². The number of carbonyl (C=O) groups is 1. The van der Waals surface area contributed by atoms with Crippen molar-refractivity contribution in [3.63, 3.8) is 0 Å². The zero-order valence-electron chi connectivity index (χ0n) is 15.7. The lowest BCUT2D eigenvalue weighted by molar-refractivity contribution is -0.124. The van der Waals surface area contributed by atoms with E-state index in [2.05, 4.69) is 20.8 Å². The Morgan fingerprint density at radius 3 is 2.89 bits per heavy atom. The first-order valence-corrected chi connectivity index (χ1v) is 10.2. The standard InChI is InChI=1S/C20H22N6OS/c1-21-13-15-9-10-25(14-15)20(27)18(12-17-8-5-11-28-17)26-19(22-23-24-26)16-6-3-2-4-7-16/h2-8,11-12,15,21H,9-10,13-14H2,1H3. The van der Waals surface area contributed by atoms with Crippen LogP contribution in [0.15, 0.2) is 47.8 Å². The highest BCUT2D eigenvalue weighted by Crippen LogP contribution is 2.25. The molecule has 1 atom stereocenters. The maximum atomic E-state index is 13.4. The molecule has 3 heterocycles. The molecule has 1 aromatic carbocycles. The molecular formula is C20H22N6OS. The van der Waals surface area contributed by atoms with Gasteiger partial charge in [-0.25, -0.2) is 0 Å². The predicted octanol–water partition coefficient (Wildman–Crippen LogP) is 2.47. The molecule has 1 fully saturated rings. The predicted molar refractivity (Wildman–Crippen MR) is 110 cm³/mol. The van der Waals surface area contributed by atoms with E-state index in [-0.39, 0.29) is 5.91 Å². The fourth-order valence-electron chi connectivity index (χ4n) is 3.47. The molecule has 1 unspecified atom stereocenters. The Labute approximate surface area is 167 Å². The molecule has 28 heavy (non-hydrogen) atoms. The third kappa shape index (κ3) is 3.88. The number of amides is 1. The molecule has 7 nitrogen and oxygen atoms in total. The van der Waals surface area contributed by atoms with Crippen LogP contribution in [0, 0.1) is 5.92 Å². The molecule has 1 N–H and O–H groups in total. The average Bonchev–Trinajstić information content (AvgIpc) is 3.48. The number of nitrogens with one attached hydrogen (secondary N) is 1. The van der Waals surface area contributed by atoms with Crippen molar-refractivity contribution in [1.29, 1.82) is 0 Å². The van der Waals surface area contributed by atoms with Gasteiger partial charge in [0.1, 0.15) is 5.70 Å². The molecule has 8 heteroatoms. The van der Waals surface area contributed by atoms with Crippen LogP contribution in [0.4, 0.5) is 0 Å². The third-order valence-corrected chi connectivity index (χ3v) is 5.66. The van der Waals surface area contributed by atoms with Gasteiger partial charge in [-0.15, -0.1) is 16.4 Å². The number of hydrogen-bond donors (Lipinski definition) is 1. The summed E-state index contributed by atoms with van der Waals surface area (Å²) in [7, 11) is 1.94. The number of benzene rings is 1. The molecule has 0 saturated carbocycles. The second-order valence-electron chi connectivity index (χ2n) is 6.79. The first-order chi connectivity index (χ1) is 13.8. The van der Waals surface area contributed by atoms with E-state index in [4.69, 9.17) is 0 Å². The van der Waals surface area contributed by atoms with Gasteiger partial charge in [-0.2, -0.15) is 4.68 Å². The highest BCUT2D eigenvalue weighted by Gasteiger charge is 2.30. The summed E-state index contributed by atoms with van der Waals surface area (Å²) >= 11 is 1.58. The Bertz CT molecular complexity index is 950. The quantitative estimate of drug-likeness (QED) is 0.650. The van der Waals surface area contributed by atoms with Crippen molar-refractivity contribution in [2.75, 3.05) is 26.7 Å². The van der Waals surface area contributed by atoms with E-state index in [0.717, 1.165) is 36.5 Å². The van der Waals surface area contributed by atoms with Crippen molar-refractivity contribution < 1.29 is 4.79 Å². The van der Waals surface area contributed by atoms with E-state index >= 15 is 0 Å². The van der Waals surface area contributed by atoms with Crippen molar-refractivity contribution in [2.45, 2.75) is 6.42 Å². The summed E-state index contributed by atoms with van der Waals surface area (Å²) in [6.45, 7) is 2.40. The summed E-state index contributed by atoms with van der Waals surface area (Å²) in [6.07, 6.45) is 2.88. The van der Waals surface area contributed by atoms with Crippen LogP contribution in [-0.2, 0) is 4.79 Å². The van der Waals surface area contributed by atoms with Gasteiger partial charge in [0.25, 0.3) is 5.91 Å². The van der Waals surface area contributed by atoms with Crippen LogP contribution in [0.1, 0.15) is 11.3 Å². The van der Waals surface area contributed by atoms with Gasteiger partial charge < -0.3 is 10.2 Å². The van der Waals surface area contributed by atoms with Crippen molar-refractivity contribution in [2.24, 2.45) is 5.92 Å². The smallest absolute Gasteiger partial charge is 0.272 e. The van der Waals surface area contributed by atoms with Crippen LogP contribution in [0.2, 0.25) is 0 Å². The Morgan fingerprint density at radius 1 is 1.29 bits per heavy atom. The van der Waals surface area contributed by atoms with E-state index in [1.165, 1.54) is 0 Å². The Morgan fingerprint density at radius 2 is 2.14 bits per heavy atom. The monoisotopic (exact) mass is 394 g/mol. The minimum atomic E-state index is -0.0449. The minimum absolute atomic E-state index is 0.0449. The number of tetrazole rings is 1. The molecule has 2 aromatic heterocycles. The van der Waals surface area contributed by atoms with Gasteiger partial charge in [0.15, 0.2) is 5.82 Å². The van der Waals surface area contributed by atoms with Crippen LogP contribution in [0.3, 0.4) is 0 Å². The topological polar surface area (TPSA) is 75.9 Å². The number of rotatable bonds is 6. The van der Waals surface area contributed by atoms with Gasteiger partial charge in [0, 0.05) is 23.5 Å². The van der Waals surface area contributed by atoms with E-state index in [1.807, 2.05) is 65.9 Å². The first kappa shape index (κ1) is 18.5. The van der Waals surface area contributed by atoms with Crippen LogP contribution >= 0.6 is 11.3 Å². The molecule has 0 bridgehead atoms. The number of hydrogen-bond acceptors (Lipinski definition) is 6. The van der Waals surface area contributed by atoms with Gasteiger partial charge >= 0.3 is 0 Å². The summed E-state index contributed by atoms with van der Waals surface area (Å²) in [5.74, 6) is 0.985. The van der Waals surface area contributed by atoms with Gasteiger partial charge in [0.2, 0.25) is 0 Å². The molecule has 1 aliphatic heterocycles. The zero-order valence-corrected chi connectivity index (χ0v) is 16.5. The third-order valence-electron chi connectivity index (χ3n) is 4.84. The molecule has 0 radical (unpaired) electrons. The summed E-state index contributed by atoms with van der Waals surface area (Å²) in [5, 5.41) is 17.4. The summed E-state index contributed by atoms with van der Waals surface area (Å²) < 4.78 is 1.56. The van der Waals surface area contributed by atoms with Crippen LogP contribution in [-0.4, -0.2) is 57.7 Å². The number of aromatic nitrogens is 4. The van der Waals surface area contributed by atoms with Gasteiger partial charge in [-0.05, 0) is 53.9 Å². The highest BCUT2D eigenvalue weighted by molar-refractivity contribution is 7.10. The summed E-state index contributed by atoms with van der Waals surface area (Å²) in [5.41, 5.74) is 1.34.